The van der Waals surface area contributed by atoms with Crippen molar-refractivity contribution in [2.45, 2.75) is 6.54 Å². The molecule has 0 unspecified atom stereocenters. The molecule has 0 bridgehead atoms. The number of nitrogens with one attached hydrogen (secondary N) is 2. The number of benzene rings is 3. The maximum Gasteiger partial charge on any atom is 0.258 e. The van der Waals surface area contributed by atoms with Gasteiger partial charge in [0.2, 0.25) is 0 Å². The van der Waals surface area contributed by atoms with Crippen molar-refractivity contribution < 1.29 is 9.59 Å². The summed E-state index contributed by atoms with van der Waals surface area (Å²) >= 11 is 1.59. The van der Waals surface area contributed by atoms with Crippen LogP contribution in [0.25, 0.3) is 10.4 Å². The lowest BCUT2D eigenvalue weighted by molar-refractivity contribution is 0.0984. The van der Waals surface area contributed by atoms with Gasteiger partial charge in [0.15, 0.2) is 0 Å². The highest BCUT2D eigenvalue weighted by Crippen LogP contribution is 2.35. The lowest BCUT2D eigenvalue weighted by Crippen LogP contribution is -2.30. The van der Waals surface area contributed by atoms with Gasteiger partial charge in [-0.05, 0) is 60.0 Å². The van der Waals surface area contributed by atoms with E-state index in [1.165, 1.54) is 0 Å². The van der Waals surface area contributed by atoms with Crippen molar-refractivity contribution in [1.82, 2.24) is 4.98 Å². The van der Waals surface area contributed by atoms with Gasteiger partial charge in [0.05, 0.1) is 17.9 Å². The predicted octanol–water partition coefficient (Wildman–Crippen LogP) is 6.97. The molecular weight excluding hydrogens is 480 g/mol. The Labute approximate surface area is 218 Å². The molecule has 180 valence electrons. The maximum atomic E-state index is 13.6. The number of hydrogen-bond donors (Lipinski definition) is 2. The second-order valence-corrected chi connectivity index (χ2v) is 9.55. The van der Waals surface area contributed by atoms with Crippen LogP contribution in [-0.4, -0.2) is 16.8 Å². The zero-order valence-electron chi connectivity index (χ0n) is 19.7. The van der Waals surface area contributed by atoms with E-state index in [9.17, 15) is 9.59 Å². The molecule has 2 N–H and O–H groups in total. The molecule has 0 atom stereocenters. The van der Waals surface area contributed by atoms with Gasteiger partial charge >= 0.3 is 0 Å². The Morgan fingerprint density at radius 2 is 1.68 bits per heavy atom. The highest BCUT2D eigenvalue weighted by Gasteiger charge is 2.25. The van der Waals surface area contributed by atoms with E-state index >= 15 is 0 Å². The molecule has 3 aromatic carbocycles. The van der Waals surface area contributed by atoms with E-state index in [1.54, 1.807) is 46.7 Å². The number of rotatable bonds is 4. The van der Waals surface area contributed by atoms with Crippen LogP contribution in [0.4, 0.5) is 22.9 Å². The van der Waals surface area contributed by atoms with Crippen molar-refractivity contribution in [3.8, 4) is 10.4 Å². The Hall–Kier alpha value is -4.75. The average molecular weight is 503 g/mol. The van der Waals surface area contributed by atoms with E-state index in [-0.39, 0.29) is 11.8 Å². The number of pyridine rings is 1. The van der Waals surface area contributed by atoms with Gasteiger partial charge in [0.1, 0.15) is 5.82 Å². The van der Waals surface area contributed by atoms with Gasteiger partial charge in [-0.15, -0.1) is 11.3 Å². The van der Waals surface area contributed by atoms with Crippen molar-refractivity contribution >= 4 is 46.0 Å². The summed E-state index contributed by atoms with van der Waals surface area (Å²) in [5, 5.41) is 8.31. The fourth-order valence-corrected chi connectivity index (χ4v) is 5.20. The van der Waals surface area contributed by atoms with Gasteiger partial charge in [-0.1, -0.05) is 42.5 Å². The smallest absolute Gasteiger partial charge is 0.258 e. The summed E-state index contributed by atoms with van der Waals surface area (Å²) in [4.78, 5) is 34.0. The van der Waals surface area contributed by atoms with Crippen LogP contribution in [0.15, 0.2) is 109 Å². The van der Waals surface area contributed by atoms with Gasteiger partial charge in [-0.3, -0.25) is 9.59 Å². The minimum atomic E-state index is -0.195. The van der Waals surface area contributed by atoms with Crippen LogP contribution >= 0.6 is 11.3 Å². The number of carbonyl (C=O) groups excluding carboxylic acids is 2. The third-order valence-electron chi connectivity index (χ3n) is 6.26. The molecule has 0 radical (unpaired) electrons. The molecule has 6 rings (SSSR count). The summed E-state index contributed by atoms with van der Waals surface area (Å²) in [6, 6.07) is 30.1. The molecule has 2 aromatic heterocycles. The zero-order chi connectivity index (χ0) is 25.2. The molecule has 7 heteroatoms. The molecule has 0 fully saturated rings. The fourth-order valence-electron chi connectivity index (χ4n) is 4.44. The first-order valence-electron chi connectivity index (χ1n) is 11.8. The molecule has 6 nitrogen and oxygen atoms in total. The largest absolute Gasteiger partial charge is 0.338 e. The van der Waals surface area contributed by atoms with Gasteiger partial charge in [-0.2, -0.15) is 0 Å². The van der Waals surface area contributed by atoms with Crippen molar-refractivity contribution in [2.75, 3.05) is 15.5 Å². The topological polar surface area (TPSA) is 74.3 Å². The number of carbonyl (C=O) groups is 2. The lowest BCUT2D eigenvalue weighted by atomic mass is 10.1. The van der Waals surface area contributed by atoms with Crippen LogP contribution in [0.1, 0.15) is 26.3 Å². The standard InChI is InChI=1S/C30H22N4O2S/c35-29(24-9-2-1-8-23(24)27-12-6-18-37-27)32-22-15-13-20(14-16-22)30(36)34-19-21-7-5-17-31-28(21)33-25-10-3-4-11-26(25)34/h1-18H,19H2,(H,31,33)(H,32,35). The number of aromatic nitrogens is 1. The average Bonchev–Trinajstić information content (AvgIpc) is 3.42. The number of thiophene rings is 1. The Bertz CT molecular complexity index is 1600. The number of anilines is 4. The van der Waals surface area contributed by atoms with E-state index in [1.807, 2.05) is 78.2 Å². The molecule has 0 spiro atoms. The van der Waals surface area contributed by atoms with Crippen LogP contribution in [-0.2, 0) is 6.54 Å². The van der Waals surface area contributed by atoms with Crippen LogP contribution in [0, 0.1) is 0 Å². The van der Waals surface area contributed by atoms with E-state index in [2.05, 4.69) is 15.6 Å². The van der Waals surface area contributed by atoms with Crippen LogP contribution in [0.2, 0.25) is 0 Å². The van der Waals surface area contributed by atoms with E-state index < -0.39 is 0 Å². The Balaban J connectivity index is 1.24. The van der Waals surface area contributed by atoms with Gasteiger partial charge in [0, 0.05) is 39.0 Å². The normalized spacial score (nSPS) is 12.1. The SMILES string of the molecule is O=C(Nc1ccc(C(=O)N2Cc3cccnc3Nc3ccccc32)cc1)c1ccccc1-c1cccs1. The zero-order valence-corrected chi connectivity index (χ0v) is 20.5. The summed E-state index contributed by atoms with van der Waals surface area (Å²) in [6.07, 6.45) is 1.73. The Morgan fingerprint density at radius 3 is 2.51 bits per heavy atom. The minimum Gasteiger partial charge on any atom is -0.338 e. The third-order valence-corrected chi connectivity index (χ3v) is 7.16. The summed E-state index contributed by atoms with van der Waals surface area (Å²) in [5.74, 6) is 0.415. The van der Waals surface area contributed by atoms with Crippen LogP contribution in [0.5, 0.6) is 0 Å². The molecule has 1 aliphatic rings. The monoisotopic (exact) mass is 502 g/mol. The highest BCUT2D eigenvalue weighted by molar-refractivity contribution is 7.13. The lowest BCUT2D eigenvalue weighted by Gasteiger charge is -2.23. The van der Waals surface area contributed by atoms with Crippen LogP contribution in [0.3, 0.4) is 0 Å². The second-order valence-electron chi connectivity index (χ2n) is 8.60. The molecule has 37 heavy (non-hydrogen) atoms. The second kappa shape index (κ2) is 9.72. The Kier molecular flexibility index (Phi) is 5.96. The van der Waals surface area contributed by atoms with E-state index in [4.69, 9.17) is 0 Å². The molecule has 3 heterocycles. The third kappa shape index (κ3) is 4.48. The number of nitrogens with zero attached hydrogens (tertiary/aromatic N) is 2. The molecule has 0 saturated carbocycles. The number of para-hydroxylation sites is 2. The Morgan fingerprint density at radius 1 is 0.865 bits per heavy atom. The molecule has 0 saturated heterocycles. The van der Waals surface area contributed by atoms with Gasteiger partial charge < -0.3 is 15.5 Å². The summed E-state index contributed by atoms with van der Waals surface area (Å²) in [5.41, 5.74) is 5.18. The molecular formula is C30H22N4O2S. The first kappa shape index (κ1) is 22.7. The van der Waals surface area contributed by atoms with Crippen molar-refractivity contribution in [3.63, 3.8) is 0 Å². The molecule has 0 aliphatic carbocycles. The van der Waals surface area contributed by atoms with E-state index in [0.717, 1.165) is 33.2 Å². The van der Waals surface area contributed by atoms with Gasteiger partial charge in [0.25, 0.3) is 11.8 Å². The fraction of sp³-hybridized carbons (Fsp3) is 0.0333. The van der Waals surface area contributed by atoms with Gasteiger partial charge in [-0.25, -0.2) is 4.98 Å². The first-order chi connectivity index (χ1) is 18.2. The first-order valence-corrected chi connectivity index (χ1v) is 12.7. The van der Waals surface area contributed by atoms with Crippen molar-refractivity contribution in [2.24, 2.45) is 0 Å². The predicted molar refractivity (Wildman–Crippen MR) is 149 cm³/mol. The minimum absolute atomic E-state index is 0.133. The van der Waals surface area contributed by atoms with Crippen molar-refractivity contribution in [3.05, 3.63) is 125 Å². The summed E-state index contributed by atoms with van der Waals surface area (Å²) < 4.78 is 0. The maximum absolute atomic E-state index is 13.6. The molecule has 1 aliphatic heterocycles. The highest BCUT2D eigenvalue weighted by atomic mass is 32.1. The van der Waals surface area contributed by atoms with Crippen molar-refractivity contribution in [1.29, 1.82) is 0 Å². The number of amides is 2. The molecule has 5 aromatic rings. The van der Waals surface area contributed by atoms with E-state index in [0.29, 0.717) is 23.4 Å². The van der Waals surface area contributed by atoms with Crippen LogP contribution < -0.4 is 15.5 Å². The quantitative estimate of drug-likeness (QED) is 0.278. The summed E-state index contributed by atoms with van der Waals surface area (Å²) in [7, 11) is 0. The number of hydrogen-bond acceptors (Lipinski definition) is 5. The molecule has 2 amide bonds. The summed E-state index contributed by atoms with van der Waals surface area (Å²) in [6.45, 7) is 0.393. The number of fused-ring (bicyclic) bond motifs is 2.